The zero-order valence-corrected chi connectivity index (χ0v) is 18.0. The standard InChI is InChI=1S/C23H37NO2S/c1-3-5-6-7-8-9-10-11-12-16-19-21(27)24-23(4-2,22(25)26)20-17-14-13-15-18-20/h13-15,17-18H,3-12,16,19H2,1-2H3,(H,24,27)(H,25,26)/t23-/m0/s1. The second-order valence-corrected chi connectivity index (χ2v) is 7.90. The molecule has 2 N–H and O–H groups in total. The van der Waals surface area contributed by atoms with Crippen molar-refractivity contribution >= 4 is 23.2 Å². The van der Waals surface area contributed by atoms with Crippen LogP contribution in [0.15, 0.2) is 30.3 Å². The highest BCUT2D eigenvalue weighted by molar-refractivity contribution is 7.80. The van der Waals surface area contributed by atoms with Crippen molar-refractivity contribution in [2.45, 2.75) is 96.4 Å². The summed E-state index contributed by atoms with van der Waals surface area (Å²) in [5, 5.41) is 13.0. The number of carboxylic acid groups (broad SMARTS) is 1. The molecular formula is C23H37NO2S. The number of aliphatic carboxylic acids is 1. The predicted molar refractivity (Wildman–Crippen MR) is 118 cm³/mol. The minimum atomic E-state index is -1.13. The van der Waals surface area contributed by atoms with Crippen LogP contribution in [0.1, 0.15) is 96.5 Å². The van der Waals surface area contributed by atoms with Gasteiger partial charge in [0.1, 0.15) is 0 Å². The highest BCUT2D eigenvalue weighted by Gasteiger charge is 2.39. The van der Waals surface area contributed by atoms with Crippen molar-refractivity contribution in [3.8, 4) is 0 Å². The quantitative estimate of drug-likeness (QED) is 0.261. The van der Waals surface area contributed by atoms with E-state index in [4.69, 9.17) is 12.2 Å². The van der Waals surface area contributed by atoms with Crippen molar-refractivity contribution in [1.29, 1.82) is 0 Å². The molecular weight excluding hydrogens is 354 g/mol. The Hall–Kier alpha value is -1.42. The molecule has 27 heavy (non-hydrogen) atoms. The lowest BCUT2D eigenvalue weighted by Gasteiger charge is -2.31. The average molecular weight is 392 g/mol. The van der Waals surface area contributed by atoms with Crippen LogP contribution >= 0.6 is 12.2 Å². The third-order valence-electron chi connectivity index (χ3n) is 5.27. The summed E-state index contributed by atoms with van der Waals surface area (Å²) in [6.07, 6.45) is 14.0. The summed E-state index contributed by atoms with van der Waals surface area (Å²) >= 11 is 5.47. The summed E-state index contributed by atoms with van der Waals surface area (Å²) in [5.41, 5.74) is -0.373. The largest absolute Gasteiger partial charge is 0.479 e. The fraction of sp³-hybridized carbons (Fsp3) is 0.652. The molecule has 0 saturated heterocycles. The summed E-state index contributed by atoms with van der Waals surface area (Å²) in [5.74, 6) is -0.873. The Labute approximate surface area is 170 Å². The molecule has 0 unspecified atom stereocenters. The van der Waals surface area contributed by atoms with Crippen molar-refractivity contribution in [2.75, 3.05) is 0 Å². The van der Waals surface area contributed by atoms with Crippen LogP contribution in [-0.2, 0) is 10.3 Å². The predicted octanol–water partition coefficient (Wildman–Crippen LogP) is 6.60. The van der Waals surface area contributed by atoms with E-state index < -0.39 is 11.5 Å². The lowest BCUT2D eigenvalue weighted by atomic mass is 9.87. The van der Waals surface area contributed by atoms with Crippen LogP contribution in [0.5, 0.6) is 0 Å². The van der Waals surface area contributed by atoms with Gasteiger partial charge in [-0.2, -0.15) is 0 Å². The second kappa shape index (κ2) is 13.7. The van der Waals surface area contributed by atoms with E-state index in [9.17, 15) is 9.90 Å². The van der Waals surface area contributed by atoms with Crippen LogP contribution in [0.3, 0.4) is 0 Å². The van der Waals surface area contributed by atoms with E-state index in [1.807, 2.05) is 37.3 Å². The number of carbonyl (C=O) groups is 1. The molecule has 0 radical (unpaired) electrons. The van der Waals surface area contributed by atoms with Gasteiger partial charge in [-0.05, 0) is 24.8 Å². The van der Waals surface area contributed by atoms with E-state index in [1.54, 1.807) is 0 Å². The Bertz CT molecular complexity index is 547. The third kappa shape index (κ3) is 8.42. The molecule has 0 aliphatic rings. The molecule has 0 spiro atoms. The summed E-state index contributed by atoms with van der Waals surface area (Å²) in [6, 6.07) is 9.35. The number of nitrogens with one attached hydrogen (secondary N) is 1. The van der Waals surface area contributed by atoms with E-state index in [0.29, 0.717) is 11.4 Å². The van der Waals surface area contributed by atoms with Crippen molar-refractivity contribution in [2.24, 2.45) is 0 Å². The van der Waals surface area contributed by atoms with Gasteiger partial charge in [-0.1, -0.05) is 114 Å². The zero-order chi connectivity index (χ0) is 20.0. The summed E-state index contributed by atoms with van der Waals surface area (Å²) in [4.78, 5) is 12.7. The highest BCUT2D eigenvalue weighted by atomic mass is 32.1. The van der Waals surface area contributed by atoms with Gasteiger partial charge in [0.05, 0.1) is 4.99 Å². The molecule has 1 rings (SSSR count). The van der Waals surface area contributed by atoms with Gasteiger partial charge in [-0.25, -0.2) is 4.79 Å². The number of carboxylic acids is 1. The van der Waals surface area contributed by atoms with Crippen LogP contribution in [0.4, 0.5) is 0 Å². The van der Waals surface area contributed by atoms with Crippen LogP contribution in [0.2, 0.25) is 0 Å². The topological polar surface area (TPSA) is 49.3 Å². The zero-order valence-electron chi connectivity index (χ0n) is 17.1. The maximum absolute atomic E-state index is 12.0. The normalized spacial score (nSPS) is 13.1. The van der Waals surface area contributed by atoms with E-state index >= 15 is 0 Å². The number of rotatable bonds is 15. The van der Waals surface area contributed by atoms with Gasteiger partial charge in [-0.3, -0.25) is 0 Å². The van der Waals surface area contributed by atoms with Crippen molar-refractivity contribution in [3.05, 3.63) is 35.9 Å². The Balaban J connectivity index is 2.32. The maximum Gasteiger partial charge on any atom is 0.334 e. The highest BCUT2D eigenvalue weighted by Crippen LogP contribution is 2.26. The van der Waals surface area contributed by atoms with E-state index in [2.05, 4.69) is 12.2 Å². The average Bonchev–Trinajstić information content (AvgIpc) is 2.68. The number of benzene rings is 1. The third-order valence-corrected chi connectivity index (χ3v) is 5.58. The van der Waals surface area contributed by atoms with Crippen LogP contribution < -0.4 is 5.32 Å². The monoisotopic (exact) mass is 391 g/mol. The van der Waals surface area contributed by atoms with E-state index in [0.717, 1.165) is 24.8 Å². The second-order valence-electron chi connectivity index (χ2n) is 7.41. The Kier molecular flexibility index (Phi) is 12.0. The van der Waals surface area contributed by atoms with Gasteiger partial charge in [-0.15, -0.1) is 0 Å². The minimum absolute atomic E-state index is 0.449. The van der Waals surface area contributed by atoms with Crippen LogP contribution in [0.25, 0.3) is 0 Å². The van der Waals surface area contributed by atoms with E-state index in [1.165, 1.54) is 51.4 Å². The first-order valence-corrected chi connectivity index (χ1v) is 11.1. The molecule has 0 aliphatic heterocycles. The minimum Gasteiger partial charge on any atom is -0.479 e. The Morgan fingerprint density at radius 2 is 1.44 bits per heavy atom. The summed E-state index contributed by atoms with van der Waals surface area (Å²) in [6.45, 7) is 4.14. The smallest absolute Gasteiger partial charge is 0.334 e. The van der Waals surface area contributed by atoms with Gasteiger partial charge >= 0.3 is 5.97 Å². The first-order chi connectivity index (χ1) is 13.1. The van der Waals surface area contributed by atoms with Crippen LogP contribution in [-0.4, -0.2) is 16.1 Å². The Morgan fingerprint density at radius 1 is 0.926 bits per heavy atom. The molecule has 0 amide bonds. The van der Waals surface area contributed by atoms with Crippen molar-refractivity contribution in [3.63, 3.8) is 0 Å². The molecule has 1 atom stereocenters. The molecule has 0 bridgehead atoms. The molecule has 0 heterocycles. The molecule has 0 aliphatic carbocycles. The molecule has 3 nitrogen and oxygen atoms in total. The van der Waals surface area contributed by atoms with Gasteiger partial charge in [0.2, 0.25) is 0 Å². The van der Waals surface area contributed by atoms with Crippen LogP contribution in [0, 0.1) is 0 Å². The number of unbranched alkanes of at least 4 members (excludes halogenated alkanes) is 9. The molecule has 1 aromatic carbocycles. The molecule has 1 aromatic rings. The first-order valence-electron chi connectivity index (χ1n) is 10.7. The van der Waals surface area contributed by atoms with Gasteiger partial charge < -0.3 is 10.4 Å². The van der Waals surface area contributed by atoms with E-state index in [-0.39, 0.29) is 0 Å². The molecule has 152 valence electrons. The molecule has 4 heteroatoms. The first kappa shape index (κ1) is 23.6. The fourth-order valence-corrected chi connectivity index (χ4v) is 3.81. The summed E-state index contributed by atoms with van der Waals surface area (Å²) < 4.78 is 0. The van der Waals surface area contributed by atoms with Crippen molar-refractivity contribution < 1.29 is 9.90 Å². The lowest BCUT2D eigenvalue weighted by Crippen LogP contribution is -2.51. The molecule has 0 saturated carbocycles. The van der Waals surface area contributed by atoms with Crippen molar-refractivity contribution in [1.82, 2.24) is 5.32 Å². The molecule has 0 aromatic heterocycles. The summed E-state index contributed by atoms with van der Waals surface area (Å²) in [7, 11) is 0. The number of hydrogen-bond donors (Lipinski definition) is 2. The lowest BCUT2D eigenvalue weighted by molar-refractivity contribution is -0.144. The maximum atomic E-state index is 12.0. The van der Waals surface area contributed by atoms with Gasteiger partial charge in [0.25, 0.3) is 0 Å². The van der Waals surface area contributed by atoms with Gasteiger partial charge in [0.15, 0.2) is 5.54 Å². The number of hydrogen-bond acceptors (Lipinski definition) is 2. The van der Waals surface area contributed by atoms with Gasteiger partial charge in [0, 0.05) is 0 Å². The Morgan fingerprint density at radius 3 is 1.93 bits per heavy atom. The fourth-order valence-electron chi connectivity index (χ4n) is 3.49. The number of thiocarbonyl (C=S) groups is 1. The SMILES string of the molecule is CCCCCCCCCCCCC(=S)N[C@](CC)(C(=O)O)c1ccccc1. The molecule has 0 fully saturated rings.